The van der Waals surface area contributed by atoms with Crippen molar-refractivity contribution in [3.05, 3.63) is 24.3 Å². The standard InChI is InChI=1S/C13H18N2O3/c1-17-12-5-3-2-4-11(12)15-9-7-10(6-8-14)18-13(15)16/h2-5,10H,6-9,14H2,1H3. The number of carbonyl (C=O) groups is 1. The Labute approximate surface area is 106 Å². The van der Waals surface area contributed by atoms with Crippen molar-refractivity contribution in [2.45, 2.75) is 18.9 Å². The van der Waals surface area contributed by atoms with Crippen molar-refractivity contribution in [3.63, 3.8) is 0 Å². The highest BCUT2D eigenvalue weighted by Crippen LogP contribution is 2.30. The zero-order valence-corrected chi connectivity index (χ0v) is 10.5. The minimum Gasteiger partial charge on any atom is -0.495 e. The summed E-state index contributed by atoms with van der Waals surface area (Å²) in [5.74, 6) is 0.673. The highest BCUT2D eigenvalue weighted by atomic mass is 16.6. The Hall–Kier alpha value is -1.75. The smallest absolute Gasteiger partial charge is 0.414 e. The Morgan fingerprint density at radius 2 is 2.28 bits per heavy atom. The predicted octanol–water partition coefficient (Wildman–Crippen LogP) is 1.76. The van der Waals surface area contributed by atoms with Crippen LogP contribution in [0, 0.1) is 0 Å². The molecule has 1 fully saturated rings. The number of rotatable bonds is 4. The molecule has 1 unspecified atom stereocenters. The Kier molecular flexibility index (Phi) is 4.04. The van der Waals surface area contributed by atoms with Crippen molar-refractivity contribution in [2.75, 3.05) is 25.1 Å². The number of amides is 1. The van der Waals surface area contributed by atoms with Gasteiger partial charge in [0, 0.05) is 13.0 Å². The lowest BCUT2D eigenvalue weighted by Crippen LogP contribution is -2.42. The van der Waals surface area contributed by atoms with Gasteiger partial charge in [-0.1, -0.05) is 12.1 Å². The molecule has 1 aliphatic rings. The molecule has 5 nitrogen and oxygen atoms in total. The minimum absolute atomic E-state index is 0.0616. The summed E-state index contributed by atoms with van der Waals surface area (Å²) >= 11 is 0. The summed E-state index contributed by atoms with van der Waals surface area (Å²) < 4.78 is 10.6. The maximum atomic E-state index is 12.0. The van der Waals surface area contributed by atoms with E-state index in [-0.39, 0.29) is 12.2 Å². The van der Waals surface area contributed by atoms with Gasteiger partial charge < -0.3 is 15.2 Å². The lowest BCUT2D eigenvalue weighted by atomic mass is 10.1. The molecule has 18 heavy (non-hydrogen) atoms. The summed E-state index contributed by atoms with van der Waals surface area (Å²) in [7, 11) is 1.59. The second kappa shape index (κ2) is 5.73. The number of nitrogens with two attached hydrogens (primary N) is 1. The van der Waals surface area contributed by atoms with Crippen LogP contribution in [0.4, 0.5) is 10.5 Å². The van der Waals surface area contributed by atoms with Gasteiger partial charge >= 0.3 is 6.09 Å². The van der Waals surface area contributed by atoms with Crippen molar-refractivity contribution < 1.29 is 14.3 Å². The second-order valence-electron chi connectivity index (χ2n) is 4.20. The van der Waals surface area contributed by atoms with Crippen LogP contribution in [0.25, 0.3) is 0 Å². The highest BCUT2D eigenvalue weighted by molar-refractivity contribution is 5.90. The van der Waals surface area contributed by atoms with Gasteiger partial charge in [-0.2, -0.15) is 0 Å². The first-order chi connectivity index (χ1) is 8.76. The number of anilines is 1. The largest absolute Gasteiger partial charge is 0.495 e. The molecule has 98 valence electrons. The molecule has 2 N–H and O–H groups in total. The van der Waals surface area contributed by atoms with Crippen molar-refractivity contribution in [1.29, 1.82) is 0 Å². The number of hydrogen-bond donors (Lipinski definition) is 1. The lowest BCUT2D eigenvalue weighted by molar-refractivity contribution is 0.0805. The highest BCUT2D eigenvalue weighted by Gasteiger charge is 2.29. The number of ether oxygens (including phenoxy) is 2. The normalized spacial score (nSPS) is 19.6. The summed E-state index contributed by atoms with van der Waals surface area (Å²) in [5, 5.41) is 0. The number of cyclic esters (lactones) is 1. The number of nitrogens with zero attached hydrogens (tertiary/aromatic N) is 1. The van der Waals surface area contributed by atoms with Gasteiger partial charge in [-0.05, 0) is 25.1 Å². The van der Waals surface area contributed by atoms with Crippen LogP contribution in [0.15, 0.2) is 24.3 Å². The van der Waals surface area contributed by atoms with Crippen LogP contribution in [-0.4, -0.2) is 32.4 Å². The number of hydrogen-bond acceptors (Lipinski definition) is 4. The van der Waals surface area contributed by atoms with Crippen LogP contribution in [0.5, 0.6) is 5.75 Å². The molecule has 1 saturated heterocycles. The van der Waals surface area contributed by atoms with E-state index in [0.717, 1.165) is 12.1 Å². The molecule has 1 aliphatic heterocycles. The molecule has 1 atom stereocenters. The predicted molar refractivity (Wildman–Crippen MR) is 68.9 cm³/mol. The molecule has 0 aliphatic carbocycles. The first-order valence-corrected chi connectivity index (χ1v) is 6.07. The summed E-state index contributed by atoms with van der Waals surface area (Å²) in [6.07, 6.45) is 1.12. The Morgan fingerprint density at radius 1 is 1.50 bits per heavy atom. The number of methoxy groups -OCH3 is 1. The third-order valence-corrected chi connectivity index (χ3v) is 3.03. The van der Waals surface area contributed by atoms with Gasteiger partial charge in [0.25, 0.3) is 0 Å². The molecular weight excluding hydrogens is 232 g/mol. The van der Waals surface area contributed by atoms with Crippen molar-refractivity contribution >= 4 is 11.8 Å². The third kappa shape index (κ3) is 2.56. The van der Waals surface area contributed by atoms with E-state index in [0.29, 0.717) is 25.3 Å². The van der Waals surface area contributed by atoms with Gasteiger partial charge in [0.15, 0.2) is 0 Å². The van der Waals surface area contributed by atoms with E-state index in [1.54, 1.807) is 12.0 Å². The van der Waals surface area contributed by atoms with E-state index in [2.05, 4.69) is 0 Å². The van der Waals surface area contributed by atoms with Gasteiger partial charge in [-0.15, -0.1) is 0 Å². The molecule has 5 heteroatoms. The monoisotopic (exact) mass is 250 g/mol. The number of benzene rings is 1. The molecule has 0 bridgehead atoms. The van der Waals surface area contributed by atoms with E-state index in [4.69, 9.17) is 15.2 Å². The number of para-hydroxylation sites is 2. The molecule has 0 radical (unpaired) electrons. The van der Waals surface area contributed by atoms with Gasteiger partial charge in [-0.3, -0.25) is 4.90 Å². The molecule has 2 rings (SSSR count). The van der Waals surface area contributed by atoms with Crippen molar-refractivity contribution in [2.24, 2.45) is 5.73 Å². The Balaban J connectivity index is 2.13. The topological polar surface area (TPSA) is 64.8 Å². The molecule has 0 aromatic heterocycles. The van der Waals surface area contributed by atoms with Crippen LogP contribution in [-0.2, 0) is 4.74 Å². The van der Waals surface area contributed by atoms with E-state index in [1.807, 2.05) is 24.3 Å². The van der Waals surface area contributed by atoms with Crippen molar-refractivity contribution in [3.8, 4) is 5.75 Å². The second-order valence-corrected chi connectivity index (χ2v) is 4.20. The van der Waals surface area contributed by atoms with Crippen LogP contribution < -0.4 is 15.4 Å². The van der Waals surface area contributed by atoms with Crippen LogP contribution in [0.3, 0.4) is 0 Å². The summed E-state index contributed by atoms with van der Waals surface area (Å²) in [6, 6.07) is 7.42. The molecular formula is C13H18N2O3. The lowest BCUT2D eigenvalue weighted by Gasteiger charge is -2.32. The summed E-state index contributed by atoms with van der Waals surface area (Å²) in [5.41, 5.74) is 6.22. The van der Waals surface area contributed by atoms with Crippen LogP contribution in [0.1, 0.15) is 12.8 Å². The average Bonchev–Trinajstić information content (AvgIpc) is 2.39. The minimum atomic E-state index is -0.329. The molecule has 0 saturated carbocycles. The zero-order valence-electron chi connectivity index (χ0n) is 10.5. The van der Waals surface area contributed by atoms with E-state index >= 15 is 0 Å². The van der Waals surface area contributed by atoms with Gasteiger partial charge in [0.2, 0.25) is 0 Å². The average molecular weight is 250 g/mol. The van der Waals surface area contributed by atoms with Crippen LogP contribution >= 0.6 is 0 Å². The zero-order chi connectivity index (χ0) is 13.0. The Bertz CT molecular complexity index is 422. The fourth-order valence-electron chi connectivity index (χ4n) is 2.09. The molecule has 1 amide bonds. The van der Waals surface area contributed by atoms with Gasteiger partial charge in [0.05, 0.1) is 12.8 Å². The SMILES string of the molecule is COc1ccccc1N1CCC(CCN)OC1=O. The van der Waals surface area contributed by atoms with Gasteiger partial charge in [-0.25, -0.2) is 4.79 Å². The third-order valence-electron chi connectivity index (χ3n) is 3.03. The van der Waals surface area contributed by atoms with E-state index in [9.17, 15) is 4.79 Å². The molecule has 1 aromatic carbocycles. The number of carbonyl (C=O) groups excluding carboxylic acids is 1. The van der Waals surface area contributed by atoms with E-state index < -0.39 is 0 Å². The van der Waals surface area contributed by atoms with E-state index in [1.165, 1.54) is 0 Å². The fourth-order valence-corrected chi connectivity index (χ4v) is 2.09. The first-order valence-electron chi connectivity index (χ1n) is 6.07. The maximum Gasteiger partial charge on any atom is 0.414 e. The first kappa shape index (κ1) is 12.7. The molecule has 1 aromatic rings. The van der Waals surface area contributed by atoms with Crippen LogP contribution in [0.2, 0.25) is 0 Å². The van der Waals surface area contributed by atoms with Gasteiger partial charge in [0.1, 0.15) is 11.9 Å². The summed E-state index contributed by atoms with van der Waals surface area (Å²) in [6.45, 7) is 1.16. The molecule has 0 spiro atoms. The van der Waals surface area contributed by atoms with Crippen molar-refractivity contribution in [1.82, 2.24) is 0 Å². The Morgan fingerprint density at radius 3 is 2.94 bits per heavy atom. The quantitative estimate of drug-likeness (QED) is 0.884. The summed E-state index contributed by atoms with van der Waals surface area (Å²) in [4.78, 5) is 13.6. The molecule has 1 heterocycles. The fraction of sp³-hybridized carbons (Fsp3) is 0.462. The maximum absolute atomic E-state index is 12.0.